The van der Waals surface area contributed by atoms with E-state index in [1.54, 1.807) is 44.4 Å². The maximum absolute atomic E-state index is 15.4. The summed E-state index contributed by atoms with van der Waals surface area (Å²) in [6.07, 6.45) is -0.158. The molecule has 2 fully saturated rings. The second-order valence-electron chi connectivity index (χ2n) is 14.4. The number of carbonyl (C=O) groups excluding carboxylic acids is 4. The largest absolute Gasteiger partial charge is 0.444 e. The average Bonchev–Trinajstić information content (AvgIpc) is 3.80. The topological polar surface area (TPSA) is 166 Å². The van der Waals surface area contributed by atoms with Gasteiger partial charge in [-0.25, -0.2) is 18.6 Å². The molecule has 2 atom stereocenters. The molecule has 286 valence electrons. The number of β-amino-alcohol motifs (C(OH)–C–C–N with tert-alkyl or cyclic N) is 1. The van der Waals surface area contributed by atoms with Gasteiger partial charge in [-0.15, -0.1) is 0 Å². The molecule has 0 bridgehead atoms. The Morgan fingerprint density at radius 2 is 1.65 bits per heavy atom. The molecular weight excluding hydrogens is 726 g/mol. The summed E-state index contributed by atoms with van der Waals surface area (Å²) in [5.41, 5.74) is 1.43. The Bertz CT molecular complexity index is 2120. The van der Waals surface area contributed by atoms with E-state index in [1.807, 2.05) is 0 Å². The van der Waals surface area contributed by atoms with Crippen LogP contribution in [0.25, 0.3) is 22.4 Å². The number of rotatable bonds is 6. The van der Waals surface area contributed by atoms with E-state index in [0.717, 1.165) is 0 Å². The number of halogens is 3. The lowest BCUT2D eigenvalue weighted by Crippen LogP contribution is -2.55. The van der Waals surface area contributed by atoms with Crippen LogP contribution in [0.15, 0.2) is 36.5 Å². The summed E-state index contributed by atoms with van der Waals surface area (Å²) in [5, 5.41) is 19.8. The summed E-state index contributed by atoms with van der Waals surface area (Å²) >= 11 is 6.52. The highest BCUT2D eigenvalue weighted by Crippen LogP contribution is 2.34. The Morgan fingerprint density at radius 1 is 1.00 bits per heavy atom. The fraction of sp³-hybridized carbons (Fsp3) is 0.405. The van der Waals surface area contributed by atoms with Crippen molar-refractivity contribution in [3.05, 3.63) is 76.0 Å². The molecule has 2 aliphatic heterocycles. The highest BCUT2D eigenvalue weighted by Gasteiger charge is 2.43. The number of hydrogen-bond donors (Lipinski definition) is 3. The molecule has 4 aromatic rings. The Labute approximate surface area is 315 Å². The quantitative estimate of drug-likeness (QED) is 0.249. The molecule has 4 heterocycles. The third kappa shape index (κ3) is 7.53. The molecule has 2 aromatic carbocycles. The van der Waals surface area contributed by atoms with Crippen molar-refractivity contribution in [2.45, 2.75) is 58.8 Å². The standard InChI is InChI=1S/C37H41ClF2N8O6/c1-19-29(20(2)44-43-19)25-10-9-24(30(39)31(25)40)28-17-41-32(45(28)6)33(50)42-21-7-8-23(26(38)15-21)34(51)46-11-13-47(14-12-46)35(52)27-16-22(49)18-48(27)36(53)54-37(3,4)5/h7-10,15,17,22,27,49H,11-14,16,18H2,1-6H3,(H,42,50)(H,43,44)/t22?,27-/m1/s1. The maximum atomic E-state index is 15.4. The second kappa shape index (κ2) is 14.8. The van der Waals surface area contributed by atoms with Gasteiger partial charge in [-0.3, -0.25) is 24.4 Å². The molecule has 2 aliphatic rings. The predicted molar refractivity (Wildman–Crippen MR) is 195 cm³/mol. The first-order valence-corrected chi connectivity index (χ1v) is 17.7. The van der Waals surface area contributed by atoms with Crippen molar-refractivity contribution >= 4 is 41.1 Å². The number of aromatic nitrogens is 4. The van der Waals surface area contributed by atoms with Crippen molar-refractivity contribution in [2.75, 3.05) is 38.0 Å². The second-order valence-corrected chi connectivity index (χ2v) is 14.8. The fourth-order valence-electron chi connectivity index (χ4n) is 6.79. The SMILES string of the molecule is Cc1n[nH]c(C)c1-c1ccc(-c2cnc(C(=O)Nc3ccc(C(=O)N4CCN(C(=O)[C@H]5CC(O)CN5C(=O)OC(C)(C)C)CC4)c(Cl)c3)n2C)c(F)c1F. The molecule has 0 spiro atoms. The number of aliphatic hydroxyl groups is 1. The minimum Gasteiger partial charge on any atom is -0.444 e. The minimum absolute atomic E-state index is 0.00942. The summed E-state index contributed by atoms with van der Waals surface area (Å²) in [7, 11) is 1.50. The third-order valence-corrected chi connectivity index (χ3v) is 9.79. The first kappa shape index (κ1) is 38.4. The van der Waals surface area contributed by atoms with Crippen molar-refractivity contribution in [1.82, 2.24) is 34.4 Å². The summed E-state index contributed by atoms with van der Waals surface area (Å²) in [6.45, 7) is 9.39. The van der Waals surface area contributed by atoms with Crippen LogP contribution in [0.5, 0.6) is 0 Å². The van der Waals surface area contributed by atoms with Crippen LogP contribution in [0.4, 0.5) is 19.3 Å². The van der Waals surface area contributed by atoms with Crippen LogP contribution in [0.3, 0.4) is 0 Å². The summed E-state index contributed by atoms with van der Waals surface area (Å²) in [4.78, 5) is 61.4. The number of nitrogens with zero attached hydrogens (tertiary/aromatic N) is 6. The van der Waals surface area contributed by atoms with Gasteiger partial charge >= 0.3 is 6.09 Å². The van der Waals surface area contributed by atoms with Crippen LogP contribution in [-0.4, -0.2) is 114 Å². The number of nitrogens with one attached hydrogen (secondary N) is 2. The highest BCUT2D eigenvalue weighted by atomic mass is 35.5. The van der Waals surface area contributed by atoms with Crippen molar-refractivity contribution in [3.63, 3.8) is 0 Å². The predicted octanol–water partition coefficient (Wildman–Crippen LogP) is 4.93. The van der Waals surface area contributed by atoms with Gasteiger partial charge in [-0.1, -0.05) is 17.7 Å². The molecule has 4 amide bonds. The molecule has 2 aromatic heterocycles. The summed E-state index contributed by atoms with van der Waals surface area (Å²) in [6, 6.07) is 6.41. The van der Waals surface area contributed by atoms with E-state index in [9.17, 15) is 24.3 Å². The van der Waals surface area contributed by atoms with E-state index in [0.29, 0.717) is 17.0 Å². The summed E-state index contributed by atoms with van der Waals surface area (Å²) < 4.78 is 37.5. The van der Waals surface area contributed by atoms with Gasteiger partial charge in [0.05, 0.1) is 40.8 Å². The molecule has 0 saturated carbocycles. The lowest BCUT2D eigenvalue weighted by molar-refractivity contribution is -0.137. The number of H-pyrrole nitrogens is 1. The average molecular weight is 767 g/mol. The minimum atomic E-state index is -1.10. The van der Waals surface area contributed by atoms with Gasteiger partial charge in [-0.2, -0.15) is 5.10 Å². The van der Waals surface area contributed by atoms with Gasteiger partial charge in [0.1, 0.15) is 11.6 Å². The number of aliphatic hydroxyl groups excluding tert-OH is 1. The number of hydrogen-bond acceptors (Lipinski definition) is 8. The van der Waals surface area contributed by atoms with E-state index in [-0.39, 0.29) is 89.9 Å². The number of likely N-dealkylation sites (tertiary alicyclic amines) is 1. The molecule has 14 nitrogen and oxygen atoms in total. The van der Waals surface area contributed by atoms with E-state index in [4.69, 9.17) is 16.3 Å². The number of piperazine rings is 1. The van der Waals surface area contributed by atoms with E-state index >= 15 is 8.78 Å². The van der Waals surface area contributed by atoms with E-state index < -0.39 is 41.4 Å². The van der Waals surface area contributed by atoms with Crippen LogP contribution in [-0.2, 0) is 16.6 Å². The van der Waals surface area contributed by atoms with Crippen LogP contribution >= 0.6 is 11.6 Å². The van der Waals surface area contributed by atoms with Gasteiger partial charge in [0, 0.05) is 67.7 Å². The number of carbonyl (C=O) groups is 4. The van der Waals surface area contributed by atoms with Crippen LogP contribution in [0.2, 0.25) is 5.02 Å². The van der Waals surface area contributed by atoms with Crippen LogP contribution in [0, 0.1) is 25.5 Å². The molecule has 3 N–H and O–H groups in total. The third-order valence-electron chi connectivity index (χ3n) is 9.47. The smallest absolute Gasteiger partial charge is 0.411 e. The number of ether oxygens (including phenoxy) is 1. The molecule has 54 heavy (non-hydrogen) atoms. The van der Waals surface area contributed by atoms with Crippen molar-refractivity contribution in [2.24, 2.45) is 7.05 Å². The molecule has 1 unspecified atom stereocenters. The Hall–Kier alpha value is -5.35. The van der Waals surface area contributed by atoms with Crippen molar-refractivity contribution < 1.29 is 37.8 Å². The monoisotopic (exact) mass is 766 g/mol. The van der Waals surface area contributed by atoms with E-state index in [2.05, 4.69) is 20.5 Å². The Kier molecular flexibility index (Phi) is 10.5. The number of aryl methyl sites for hydroxylation is 2. The highest BCUT2D eigenvalue weighted by molar-refractivity contribution is 6.34. The molecule has 0 aliphatic carbocycles. The molecular formula is C37H41ClF2N8O6. The number of benzene rings is 2. The normalized spacial score (nSPS) is 17.6. The van der Waals surface area contributed by atoms with Gasteiger partial charge < -0.3 is 29.5 Å². The lowest BCUT2D eigenvalue weighted by atomic mass is 10.00. The Balaban J connectivity index is 1.08. The van der Waals surface area contributed by atoms with Crippen LogP contribution < -0.4 is 5.32 Å². The lowest BCUT2D eigenvalue weighted by Gasteiger charge is -2.37. The van der Waals surface area contributed by atoms with Gasteiger partial charge in [-0.05, 0) is 58.9 Å². The molecule has 2 saturated heterocycles. The number of imidazole rings is 1. The zero-order valence-electron chi connectivity index (χ0n) is 30.7. The van der Waals surface area contributed by atoms with E-state index in [1.165, 1.54) is 53.0 Å². The molecule has 6 rings (SSSR count). The molecule has 17 heteroatoms. The first-order valence-electron chi connectivity index (χ1n) is 17.3. The number of anilines is 1. The number of aromatic amines is 1. The van der Waals surface area contributed by atoms with Gasteiger partial charge in [0.25, 0.3) is 11.8 Å². The summed E-state index contributed by atoms with van der Waals surface area (Å²) in [5.74, 6) is -3.58. The van der Waals surface area contributed by atoms with Gasteiger partial charge in [0.15, 0.2) is 17.5 Å². The van der Waals surface area contributed by atoms with Crippen molar-refractivity contribution in [3.8, 4) is 22.4 Å². The molecule has 0 radical (unpaired) electrons. The Morgan fingerprint density at radius 3 is 2.28 bits per heavy atom. The number of amides is 4. The zero-order valence-corrected chi connectivity index (χ0v) is 31.4. The maximum Gasteiger partial charge on any atom is 0.411 e. The van der Waals surface area contributed by atoms with Crippen molar-refractivity contribution in [1.29, 1.82) is 0 Å². The first-order chi connectivity index (χ1) is 25.4. The zero-order chi connectivity index (χ0) is 39.2. The van der Waals surface area contributed by atoms with Crippen LogP contribution in [0.1, 0.15) is 59.6 Å². The fourth-order valence-corrected chi connectivity index (χ4v) is 7.05. The van der Waals surface area contributed by atoms with Gasteiger partial charge in [0.2, 0.25) is 5.91 Å².